The Morgan fingerprint density at radius 2 is 2.00 bits per heavy atom. The molecular weight excluding hydrogens is 418 g/mol. The first-order valence-corrected chi connectivity index (χ1v) is 8.35. The number of aromatic nitrogens is 1. The number of hydrogen-bond acceptors (Lipinski definition) is 5. The van der Waals surface area contributed by atoms with Crippen molar-refractivity contribution in [1.29, 1.82) is 0 Å². The standard InChI is InChI=1S/C18H17F4N3O3.ClH/c19-13-8-25(9-14(13)26)17(27)11-2-1-3-12(6-11)28-16-5-10(7-23)4-15(24-16)18(20,21)22;/h1-6,13-14,26H,7-9,23H2;1H. The van der Waals surface area contributed by atoms with Crippen LogP contribution in [-0.4, -0.2) is 46.3 Å². The number of β-amino-alcohol motifs (C(OH)–C–C–N with tert-alkyl or cyclic N) is 1. The van der Waals surface area contributed by atoms with Gasteiger partial charge in [0.05, 0.1) is 6.54 Å². The number of amides is 1. The van der Waals surface area contributed by atoms with Crippen molar-refractivity contribution in [1.82, 2.24) is 9.88 Å². The van der Waals surface area contributed by atoms with E-state index in [0.717, 1.165) is 11.0 Å². The summed E-state index contributed by atoms with van der Waals surface area (Å²) in [6.45, 7) is -0.511. The molecule has 1 aromatic heterocycles. The number of alkyl halides is 4. The number of carbonyl (C=O) groups is 1. The van der Waals surface area contributed by atoms with E-state index in [0.29, 0.717) is 0 Å². The van der Waals surface area contributed by atoms with Gasteiger partial charge in [-0.15, -0.1) is 12.4 Å². The summed E-state index contributed by atoms with van der Waals surface area (Å²) in [4.78, 5) is 17.0. The minimum atomic E-state index is -4.67. The van der Waals surface area contributed by atoms with Crippen LogP contribution in [0.5, 0.6) is 11.6 Å². The Bertz CT molecular complexity index is 872. The highest BCUT2D eigenvalue weighted by Gasteiger charge is 2.35. The van der Waals surface area contributed by atoms with Gasteiger partial charge in [0.2, 0.25) is 5.88 Å². The molecule has 2 aromatic rings. The lowest BCUT2D eigenvalue weighted by Crippen LogP contribution is -2.29. The van der Waals surface area contributed by atoms with Crippen molar-refractivity contribution in [2.45, 2.75) is 25.0 Å². The van der Waals surface area contributed by atoms with Gasteiger partial charge in [-0.3, -0.25) is 4.79 Å². The molecule has 1 fully saturated rings. The van der Waals surface area contributed by atoms with Gasteiger partial charge in [0.15, 0.2) is 0 Å². The molecule has 11 heteroatoms. The molecule has 3 N–H and O–H groups in total. The van der Waals surface area contributed by atoms with Gasteiger partial charge in [-0.25, -0.2) is 9.37 Å². The number of carbonyl (C=O) groups excluding carboxylic acids is 1. The van der Waals surface area contributed by atoms with Crippen LogP contribution in [0.1, 0.15) is 21.6 Å². The first kappa shape index (κ1) is 22.9. The molecule has 0 aliphatic carbocycles. The van der Waals surface area contributed by atoms with Crippen molar-refractivity contribution in [2.24, 2.45) is 5.73 Å². The van der Waals surface area contributed by atoms with Crippen LogP contribution >= 0.6 is 12.4 Å². The Morgan fingerprint density at radius 1 is 1.28 bits per heavy atom. The first-order chi connectivity index (χ1) is 13.2. The summed E-state index contributed by atoms with van der Waals surface area (Å²) in [6.07, 6.45) is -7.43. The number of ether oxygens (including phenoxy) is 1. The highest BCUT2D eigenvalue weighted by molar-refractivity contribution is 5.94. The molecular formula is C18H18ClF4N3O3. The van der Waals surface area contributed by atoms with E-state index >= 15 is 0 Å². The summed E-state index contributed by atoms with van der Waals surface area (Å²) in [7, 11) is 0. The number of aliphatic hydroxyl groups is 1. The van der Waals surface area contributed by atoms with Gasteiger partial charge in [-0.1, -0.05) is 6.07 Å². The van der Waals surface area contributed by atoms with Crippen LogP contribution in [0.2, 0.25) is 0 Å². The van der Waals surface area contributed by atoms with Crippen LogP contribution in [-0.2, 0) is 12.7 Å². The van der Waals surface area contributed by atoms with Crippen LogP contribution in [0.4, 0.5) is 17.6 Å². The summed E-state index contributed by atoms with van der Waals surface area (Å²) in [5, 5.41) is 9.45. The van der Waals surface area contributed by atoms with Crippen LogP contribution < -0.4 is 10.5 Å². The number of rotatable bonds is 4. The number of hydrogen-bond donors (Lipinski definition) is 2. The Kier molecular flexibility index (Phi) is 7.04. The van der Waals surface area contributed by atoms with Crippen LogP contribution in [0.3, 0.4) is 0 Å². The second kappa shape index (κ2) is 8.93. The van der Waals surface area contributed by atoms with E-state index in [2.05, 4.69) is 4.98 Å². The number of pyridine rings is 1. The number of benzene rings is 1. The van der Waals surface area contributed by atoms with Gasteiger partial charge in [0.25, 0.3) is 5.91 Å². The first-order valence-electron chi connectivity index (χ1n) is 8.35. The predicted octanol–water partition coefficient (Wildman–Crippen LogP) is 2.93. The third kappa shape index (κ3) is 5.34. The van der Waals surface area contributed by atoms with E-state index in [1.165, 1.54) is 30.3 Å². The van der Waals surface area contributed by atoms with Crippen molar-refractivity contribution in [3.05, 3.63) is 53.2 Å². The molecule has 0 spiro atoms. The summed E-state index contributed by atoms with van der Waals surface area (Å²) < 4.78 is 57.7. The van der Waals surface area contributed by atoms with E-state index in [-0.39, 0.29) is 54.8 Å². The van der Waals surface area contributed by atoms with Crippen molar-refractivity contribution in [3.8, 4) is 11.6 Å². The molecule has 0 saturated carbocycles. The second-order valence-electron chi connectivity index (χ2n) is 6.32. The molecule has 2 unspecified atom stereocenters. The van der Waals surface area contributed by atoms with Gasteiger partial charge < -0.3 is 20.5 Å². The summed E-state index contributed by atoms with van der Waals surface area (Å²) in [5.74, 6) is -0.762. The van der Waals surface area contributed by atoms with E-state index in [1.54, 1.807) is 0 Å². The van der Waals surface area contributed by atoms with Gasteiger partial charge in [0, 0.05) is 24.7 Å². The molecule has 158 valence electrons. The lowest BCUT2D eigenvalue weighted by atomic mass is 10.2. The normalized spacial score (nSPS) is 19.0. The maximum absolute atomic E-state index is 13.4. The fourth-order valence-electron chi connectivity index (χ4n) is 2.78. The van der Waals surface area contributed by atoms with E-state index < -0.39 is 30.1 Å². The molecule has 6 nitrogen and oxygen atoms in total. The number of nitrogens with two attached hydrogens (primary N) is 1. The summed E-state index contributed by atoms with van der Waals surface area (Å²) in [5.41, 5.74) is 4.62. The zero-order valence-corrected chi connectivity index (χ0v) is 15.7. The van der Waals surface area contributed by atoms with Gasteiger partial charge in [0.1, 0.15) is 23.7 Å². The number of halogens is 5. The molecule has 0 radical (unpaired) electrons. The predicted molar refractivity (Wildman–Crippen MR) is 97.7 cm³/mol. The Morgan fingerprint density at radius 3 is 2.59 bits per heavy atom. The number of aliphatic hydroxyl groups excluding tert-OH is 1. The highest BCUT2D eigenvalue weighted by Crippen LogP contribution is 2.31. The number of nitrogens with zero attached hydrogens (tertiary/aromatic N) is 2. The van der Waals surface area contributed by atoms with E-state index in [1.807, 2.05) is 0 Å². The van der Waals surface area contributed by atoms with E-state index in [4.69, 9.17) is 10.5 Å². The lowest BCUT2D eigenvalue weighted by Gasteiger charge is -2.16. The van der Waals surface area contributed by atoms with Crippen LogP contribution in [0.25, 0.3) is 0 Å². The van der Waals surface area contributed by atoms with Crippen molar-refractivity contribution >= 4 is 18.3 Å². The molecule has 1 aromatic carbocycles. The monoisotopic (exact) mass is 435 g/mol. The maximum Gasteiger partial charge on any atom is 0.433 e. The van der Waals surface area contributed by atoms with E-state index in [9.17, 15) is 27.5 Å². The lowest BCUT2D eigenvalue weighted by molar-refractivity contribution is -0.141. The second-order valence-corrected chi connectivity index (χ2v) is 6.32. The zero-order valence-electron chi connectivity index (χ0n) is 14.9. The minimum absolute atomic E-state index is 0. The summed E-state index contributed by atoms with van der Waals surface area (Å²) >= 11 is 0. The largest absolute Gasteiger partial charge is 0.439 e. The van der Waals surface area contributed by atoms with Crippen LogP contribution in [0.15, 0.2) is 36.4 Å². The summed E-state index contributed by atoms with van der Waals surface area (Å²) in [6, 6.07) is 7.78. The quantitative estimate of drug-likeness (QED) is 0.721. The van der Waals surface area contributed by atoms with Gasteiger partial charge in [-0.2, -0.15) is 13.2 Å². The van der Waals surface area contributed by atoms with Gasteiger partial charge in [-0.05, 0) is 29.8 Å². The Labute approximate surface area is 169 Å². The molecule has 2 atom stereocenters. The minimum Gasteiger partial charge on any atom is -0.439 e. The molecule has 3 rings (SSSR count). The van der Waals surface area contributed by atoms with Gasteiger partial charge >= 0.3 is 6.18 Å². The van der Waals surface area contributed by atoms with Crippen molar-refractivity contribution in [3.63, 3.8) is 0 Å². The molecule has 1 amide bonds. The SMILES string of the molecule is Cl.NCc1cc(Oc2cccc(C(=O)N3CC(O)C(F)C3)c2)nc(C(F)(F)F)c1. The molecule has 2 heterocycles. The Balaban J connectivity index is 0.00000300. The fourth-order valence-corrected chi connectivity index (χ4v) is 2.78. The highest BCUT2D eigenvalue weighted by atomic mass is 35.5. The fraction of sp³-hybridized carbons (Fsp3) is 0.333. The molecule has 1 saturated heterocycles. The molecule has 1 aliphatic rings. The average Bonchev–Trinajstić information content (AvgIpc) is 2.99. The third-order valence-electron chi connectivity index (χ3n) is 4.20. The van der Waals surface area contributed by atoms with Crippen molar-refractivity contribution in [2.75, 3.05) is 13.1 Å². The average molecular weight is 436 g/mol. The molecule has 1 aliphatic heterocycles. The topological polar surface area (TPSA) is 88.7 Å². The molecule has 29 heavy (non-hydrogen) atoms. The zero-order chi connectivity index (χ0) is 20.5. The number of likely N-dealkylation sites (tertiary alicyclic amines) is 1. The van der Waals surface area contributed by atoms with Crippen LogP contribution in [0, 0.1) is 0 Å². The van der Waals surface area contributed by atoms with Crippen molar-refractivity contribution < 1.29 is 32.2 Å². The maximum atomic E-state index is 13.4. The Hall–Kier alpha value is -2.43. The smallest absolute Gasteiger partial charge is 0.433 e. The third-order valence-corrected chi connectivity index (χ3v) is 4.20. The molecule has 0 bridgehead atoms.